The van der Waals surface area contributed by atoms with E-state index in [0.717, 1.165) is 17.2 Å². The Morgan fingerprint density at radius 1 is 1.28 bits per heavy atom. The van der Waals surface area contributed by atoms with Gasteiger partial charge in [0.25, 0.3) is 10.0 Å². The Bertz CT molecular complexity index is 990. The van der Waals surface area contributed by atoms with Gasteiger partial charge in [-0.2, -0.15) is 0 Å². The van der Waals surface area contributed by atoms with Gasteiger partial charge in [-0.25, -0.2) is 22.7 Å². The number of fused-ring (bicyclic) bond motifs is 1. The van der Waals surface area contributed by atoms with Crippen LogP contribution in [0.25, 0.3) is 0 Å². The number of carbonyl (C=O) groups is 2. The Labute approximate surface area is 170 Å². The highest BCUT2D eigenvalue weighted by Gasteiger charge is 2.20. The number of hydrogen-bond donors (Lipinski definition) is 3. The molecule has 4 N–H and O–H groups in total. The molecule has 1 aliphatic rings. The molecule has 0 saturated heterocycles. The summed E-state index contributed by atoms with van der Waals surface area (Å²) in [6, 6.07) is 3.93. The Morgan fingerprint density at radius 2 is 1.97 bits per heavy atom. The first-order valence-electron chi connectivity index (χ1n) is 9.09. The van der Waals surface area contributed by atoms with Crippen LogP contribution in [0, 0.1) is 12.3 Å². The van der Waals surface area contributed by atoms with Crippen LogP contribution in [-0.4, -0.2) is 38.5 Å². The van der Waals surface area contributed by atoms with Crippen LogP contribution < -0.4 is 15.8 Å². The lowest BCUT2D eigenvalue weighted by Crippen LogP contribution is -2.37. The molecule has 1 aromatic carbocycles. The summed E-state index contributed by atoms with van der Waals surface area (Å²) in [5.41, 5.74) is 7.80. The van der Waals surface area contributed by atoms with Crippen molar-refractivity contribution in [2.45, 2.75) is 26.2 Å². The van der Waals surface area contributed by atoms with Crippen molar-refractivity contribution in [3.05, 3.63) is 52.5 Å². The first-order valence-corrected chi connectivity index (χ1v) is 10.6. The number of benzene rings is 1. The van der Waals surface area contributed by atoms with Crippen LogP contribution in [0.1, 0.15) is 24.5 Å². The van der Waals surface area contributed by atoms with Gasteiger partial charge in [0.1, 0.15) is 0 Å². The van der Waals surface area contributed by atoms with Gasteiger partial charge >= 0.3 is 12.1 Å². The van der Waals surface area contributed by atoms with Crippen molar-refractivity contribution in [3.8, 4) is 12.3 Å². The summed E-state index contributed by atoms with van der Waals surface area (Å²) in [4.78, 5) is 25.0. The number of amides is 4. The number of allylic oxidation sites excluding steroid dienone is 3. The summed E-state index contributed by atoms with van der Waals surface area (Å²) in [5.74, 6) is 2.16. The van der Waals surface area contributed by atoms with E-state index in [2.05, 4.69) is 11.2 Å². The number of rotatable bonds is 5. The minimum Gasteiger partial charge on any atom is -0.351 e. The molecule has 0 aliphatic carbocycles. The van der Waals surface area contributed by atoms with Gasteiger partial charge in [0.15, 0.2) is 0 Å². The summed E-state index contributed by atoms with van der Waals surface area (Å²) < 4.78 is 26.7. The second kappa shape index (κ2) is 9.80. The first-order chi connectivity index (χ1) is 13.8. The second-order valence-electron chi connectivity index (χ2n) is 6.39. The van der Waals surface area contributed by atoms with Crippen LogP contribution in [0.4, 0.5) is 15.3 Å². The van der Waals surface area contributed by atoms with Crippen LogP contribution in [0.2, 0.25) is 0 Å². The molecule has 2 rings (SSSR count). The molecule has 0 atom stereocenters. The second-order valence-corrected chi connectivity index (χ2v) is 8.07. The fourth-order valence-electron chi connectivity index (χ4n) is 2.89. The smallest absolute Gasteiger partial charge is 0.333 e. The average Bonchev–Trinajstić information content (AvgIpc) is 2.86. The van der Waals surface area contributed by atoms with E-state index in [4.69, 9.17) is 12.2 Å². The normalized spacial score (nSPS) is 14.6. The van der Waals surface area contributed by atoms with E-state index in [1.807, 2.05) is 17.7 Å². The van der Waals surface area contributed by atoms with Crippen molar-refractivity contribution in [3.63, 3.8) is 0 Å². The van der Waals surface area contributed by atoms with Gasteiger partial charge in [-0.05, 0) is 48.6 Å². The highest BCUT2D eigenvalue weighted by atomic mass is 32.2. The first kappa shape index (κ1) is 22.0. The molecule has 0 aromatic heterocycles. The summed E-state index contributed by atoms with van der Waals surface area (Å²) in [6.45, 7) is 2.86. The molecule has 0 radical (unpaired) electrons. The number of nitrogens with one attached hydrogen (secondary N) is 2. The third-order valence-electron chi connectivity index (χ3n) is 4.36. The van der Waals surface area contributed by atoms with Gasteiger partial charge < -0.3 is 16.0 Å². The van der Waals surface area contributed by atoms with Crippen molar-refractivity contribution in [1.82, 2.24) is 9.62 Å². The molecular formula is C20H24N4O4S. The molecule has 0 unspecified atom stereocenters. The lowest BCUT2D eigenvalue weighted by atomic mass is 10.0. The average molecular weight is 417 g/mol. The van der Waals surface area contributed by atoms with Crippen LogP contribution in [0.5, 0.6) is 0 Å². The maximum atomic E-state index is 12.4. The molecule has 154 valence electrons. The third kappa shape index (κ3) is 6.12. The van der Waals surface area contributed by atoms with E-state index in [1.165, 1.54) is 6.08 Å². The quantitative estimate of drug-likeness (QED) is 0.503. The van der Waals surface area contributed by atoms with E-state index in [0.29, 0.717) is 38.0 Å². The van der Waals surface area contributed by atoms with Crippen LogP contribution in [0.15, 0.2) is 41.3 Å². The fraction of sp³-hybridized carbons (Fsp3) is 0.300. The lowest BCUT2D eigenvalue weighted by molar-refractivity contribution is 0.210. The van der Waals surface area contributed by atoms with Gasteiger partial charge in [0, 0.05) is 24.9 Å². The predicted octanol–water partition coefficient (Wildman–Crippen LogP) is 2.10. The zero-order valence-corrected chi connectivity index (χ0v) is 17.0. The van der Waals surface area contributed by atoms with E-state index >= 15 is 0 Å². The third-order valence-corrected chi connectivity index (χ3v) is 5.69. The molecule has 1 heterocycles. The number of nitrogens with zero attached hydrogens (tertiary/aromatic N) is 1. The molecular weight excluding hydrogens is 392 g/mol. The van der Waals surface area contributed by atoms with Crippen molar-refractivity contribution in [2.75, 3.05) is 18.4 Å². The van der Waals surface area contributed by atoms with Crippen LogP contribution in [-0.2, 0) is 22.9 Å². The summed E-state index contributed by atoms with van der Waals surface area (Å²) in [7, 11) is -4.10. The highest BCUT2D eigenvalue weighted by Crippen LogP contribution is 2.20. The Balaban J connectivity index is 2.10. The Hall–Kier alpha value is -3.25. The molecule has 0 bridgehead atoms. The maximum absolute atomic E-state index is 12.4. The molecule has 0 saturated carbocycles. The van der Waals surface area contributed by atoms with Crippen molar-refractivity contribution in [2.24, 2.45) is 5.73 Å². The Morgan fingerprint density at radius 3 is 2.59 bits per heavy atom. The van der Waals surface area contributed by atoms with Gasteiger partial charge in [0.2, 0.25) is 0 Å². The molecule has 29 heavy (non-hydrogen) atoms. The zero-order valence-electron chi connectivity index (χ0n) is 16.1. The monoisotopic (exact) mass is 416 g/mol. The van der Waals surface area contributed by atoms with Crippen LogP contribution >= 0.6 is 0 Å². The number of anilines is 1. The number of nitrogens with two attached hydrogens (primary N) is 1. The molecule has 9 heteroatoms. The highest BCUT2D eigenvalue weighted by molar-refractivity contribution is 7.94. The van der Waals surface area contributed by atoms with E-state index in [-0.39, 0.29) is 4.91 Å². The number of urea groups is 2. The standard InChI is InChI=1S/C20H24N4O4S/c1-3-5-7-18(6-4-2)29(27,28)23-20(26)22-17-9-8-15-10-12-24(19(21)25)13-11-16(15)14-17/h2,5-9,14H,3,10-13H2,1H3,(H2,21,25)(H2,22,23,26)/b7-5-,18-6+. The molecule has 4 amide bonds. The van der Waals surface area contributed by atoms with Crippen molar-refractivity contribution in [1.29, 1.82) is 0 Å². The molecule has 1 aromatic rings. The minimum atomic E-state index is -4.10. The fourth-order valence-corrected chi connectivity index (χ4v) is 3.80. The van der Waals surface area contributed by atoms with Crippen molar-refractivity contribution < 1.29 is 18.0 Å². The largest absolute Gasteiger partial charge is 0.351 e. The SMILES string of the molecule is C#C/C=C(\C=C/CC)S(=O)(=O)NC(=O)Nc1ccc2c(c1)CCN(C(N)=O)CC2. The number of sulfonamides is 1. The molecule has 8 nitrogen and oxygen atoms in total. The molecule has 0 fully saturated rings. The Kier molecular flexibility index (Phi) is 7.45. The number of hydrogen-bond acceptors (Lipinski definition) is 4. The summed E-state index contributed by atoms with van der Waals surface area (Å²) >= 11 is 0. The van der Waals surface area contributed by atoms with Crippen LogP contribution in [0.3, 0.4) is 0 Å². The van der Waals surface area contributed by atoms with Gasteiger partial charge in [-0.1, -0.05) is 25.0 Å². The number of primary amides is 1. The maximum Gasteiger partial charge on any atom is 0.333 e. The molecule has 1 aliphatic heterocycles. The van der Waals surface area contributed by atoms with Gasteiger partial charge in [0.05, 0.1) is 4.91 Å². The number of carbonyl (C=O) groups excluding carboxylic acids is 2. The number of terminal acetylenes is 1. The predicted molar refractivity (Wildman–Crippen MR) is 112 cm³/mol. The van der Waals surface area contributed by atoms with E-state index in [9.17, 15) is 18.0 Å². The molecule has 0 spiro atoms. The zero-order chi connectivity index (χ0) is 21.4. The van der Waals surface area contributed by atoms with E-state index in [1.54, 1.807) is 23.1 Å². The van der Waals surface area contributed by atoms with E-state index < -0.39 is 22.1 Å². The van der Waals surface area contributed by atoms with Gasteiger partial charge in [-0.15, -0.1) is 6.42 Å². The topological polar surface area (TPSA) is 122 Å². The van der Waals surface area contributed by atoms with Crippen molar-refractivity contribution >= 4 is 27.8 Å². The summed E-state index contributed by atoms with van der Waals surface area (Å²) in [5, 5.41) is 2.52. The van der Waals surface area contributed by atoms with Gasteiger partial charge in [-0.3, -0.25) is 0 Å². The lowest BCUT2D eigenvalue weighted by Gasteiger charge is -2.16. The minimum absolute atomic E-state index is 0.175. The summed E-state index contributed by atoms with van der Waals surface area (Å²) in [6.07, 6.45) is 11.1.